The van der Waals surface area contributed by atoms with Gasteiger partial charge in [-0.25, -0.2) is 0 Å². The fourth-order valence-electron chi connectivity index (χ4n) is 8.97. The molecule has 0 radical (unpaired) electrons. The maximum atomic E-state index is 6.89. The lowest BCUT2D eigenvalue weighted by molar-refractivity contribution is 0.657. The Labute approximate surface area is 280 Å². The molecular weight excluding hydrogens is 583 g/mol. The molecule has 1 heterocycles. The van der Waals surface area contributed by atoms with Gasteiger partial charge < -0.3 is 9.32 Å². The van der Waals surface area contributed by atoms with Gasteiger partial charge in [0.05, 0.1) is 11.4 Å². The predicted molar refractivity (Wildman–Crippen MR) is 201 cm³/mol. The van der Waals surface area contributed by atoms with Crippen LogP contribution in [0.3, 0.4) is 0 Å². The van der Waals surface area contributed by atoms with Crippen molar-refractivity contribution in [2.45, 2.75) is 38.5 Å². The molecule has 1 aromatic heterocycles. The molecule has 2 aliphatic carbocycles. The molecular formula is C46H35NO. The van der Waals surface area contributed by atoms with Crippen molar-refractivity contribution in [3.8, 4) is 22.3 Å². The van der Waals surface area contributed by atoms with Crippen molar-refractivity contribution in [2.75, 3.05) is 4.90 Å². The number of hydrogen-bond acceptors (Lipinski definition) is 2. The van der Waals surface area contributed by atoms with Crippen molar-refractivity contribution in [1.82, 2.24) is 0 Å². The lowest BCUT2D eigenvalue weighted by Gasteiger charge is -2.33. The Bertz CT molecular complexity index is 2630. The van der Waals surface area contributed by atoms with E-state index in [4.69, 9.17) is 4.42 Å². The van der Waals surface area contributed by atoms with Crippen molar-refractivity contribution >= 4 is 49.8 Å². The highest BCUT2D eigenvalue weighted by Crippen LogP contribution is 2.56. The van der Waals surface area contributed by atoms with Crippen molar-refractivity contribution in [3.05, 3.63) is 162 Å². The van der Waals surface area contributed by atoms with E-state index in [1.807, 2.05) is 0 Å². The molecule has 0 amide bonds. The molecule has 10 rings (SSSR count). The summed E-state index contributed by atoms with van der Waals surface area (Å²) in [6.07, 6.45) is 0. The van der Waals surface area contributed by atoms with Crippen LogP contribution in [0.25, 0.3) is 55.0 Å². The van der Waals surface area contributed by atoms with Crippen LogP contribution in [-0.4, -0.2) is 0 Å². The van der Waals surface area contributed by atoms with E-state index < -0.39 is 0 Å². The largest absolute Gasteiger partial charge is 0.454 e. The number of hydrogen-bond donors (Lipinski definition) is 0. The minimum atomic E-state index is -0.190. The predicted octanol–water partition coefficient (Wildman–Crippen LogP) is 12.8. The Hall–Kier alpha value is -5.60. The molecule has 2 heteroatoms. The van der Waals surface area contributed by atoms with Crippen molar-refractivity contribution < 1.29 is 4.42 Å². The van der Waals surface area contributed by atoms with E-state index in [1.54, 1.807) is 0 Å². The van der Waals surface area contributed by atoms with E-state index in [2.05, 4.69) is 172 Å². The summed E-state index contributed by atoms with van der Waals surface area (Å²) in [5.41, 5.74) is 15.6. The monoisotopic (exact) mass is 617 g/mol. The summed E-state index contributed by atoms with van der Waals surface area (Å²) in [6, 6.07) is 51.2. The van der Waals surface area contributed by atoms with E-state index in [0.717, 1.165) is 27.9 Å². The van der Waals surface area contributed by atoms with Crippen LogP contribution in [0.1, 0.15) is 49.9 Å². The molecule has 0 aliphatic heterocycles. The van der Waals surface area contributed by atoms with Crippen LogP contribution in [0.5, 0.6) is 0 Å². The number of para-hydroxylation sites is 1. The van der Waals surface area contributed by atoms with E-state index in [0.29, 0.717) is 0 Å². The van der Waals surface area contributed by atoms with Crippen LogP contribution in [0.15, 0.2) is 144 Å². The SMILES string of the molecule is CC1(C)c2ccccc2-c2ccc(N(c3cccc4c3C(C)(C)c3ccccc3-4)c3cccc4c3oc3ccc5ccccc5c34)cc21. The molecule has 8 aromatic rings. The molecule has 0 saturated carbocycles. The number of furan rings is 1. The molecule has 7 aromatic carbocycles. The summed E-state index contributed by atoms with van der Waals surface area (Å²) >= 11 is 0. The molecule has 0 fully saturated rings. The van der Waals surface area contributed by atoms with Gasteiger partial charge in [-0.1, -0.05) is 137 Å². The topological polar surface area (TPSA) is 16.4 Å². The number of benzene rings is 7. The molecule has 2 nitrogen and oxygen atoms in total. The van der Waals surface area contributed by atoms with E-state index in [-0.39, 0.29) is 10.8 Å². The third kappa shape index (κ3) is 3.52. The van der Waals surface area contributed by atoms with E-state index in [1.165, 1.54) is 66.4 Å². The number of rotatable bonds is 3. The molecule has 0 atom stereocenters. The van der Waals surface area contributed by atoms with Gasteiger partial charge >= 0.3 is 0 Å². The highest BCUT2D eigenvalue weighted by atomic mass is 16.3. The van der Waals surface area contributed by atoms with Crippen molar-refractivity contribution in [1.29, 1.82) is 0 Å². The molecule has 0 spiro atoms. The van der Waals surface area contributed by atoms with Crippen LogP contribution in [0.4, 0.5) is 17.1 Å². The molecule has 0 bridgehead atoms. The zero-order valence-electron chi connectivity index (χ0n) is 27.6. The van der Waals surface area contributed by atoms with Crippen LogP contribution in [0.2, 0.25) is 0 Å². The molecule has 2 aliphatic rings. The average molecular weight is 618 g/mol. The maximum absolute atomic E-state index is 6.89. The first-order valence-electron chi connectivity index (χ1n) is 16.9. The van der Waals surface area contributed by atoms with Gasteiger partial charge in [0.1, 0.15) is 5.58 Å². The van der Waals surface area contributed by atoms with Gasteiger partial charge in [0.25, 0.3) is 0 Å². The van der Waals surface area contributed by atoms with Gasteiger partial charge in [0.2, 0.25) is 0 Å². The van der Waals surface area contributed by atoms with Crippen LogP contribution >= 0.6 is 0 Å². The summed E-state index contributed by atoms with van der Waals surface area (Å²) in [6.45, 7) is 9.46. The zero-order chi connectivity index (χ0) is 32.4. The third-order valence-corrected chi connectivity index (χ3v) is 11.2. The Kier molecular flexibility index (Phi) is 5.44. The number of fused-ring (bicyclic) bond motifs is 11. The van der Waals surface area contributed by atoms with Gasteiger partial charge in [-0.3, -0.25) is 0 Å². The van der Waals surface area contributed by atoms with Gasteiger partial charge in [0.15, 0.2) is 5.58 Å². The van der Waals surface area contributed by atoms with Gasteiger partial charge in [-0.15, -0.1) is 0 Å². The fraction of sp³-hybridized carbons (Fsp3) is 0.130. The zero-order valence-corrected chi connectivity index (χ0v) is 27.6. The summed E-state index contributed by atoms with van der Waals surface area (Å²) in [4.78, 5) is 2.47. The summed E-state index contributed by atoms with van der Waals surface area (Å²) in [5.74, 6) is 0. The molecule has 230 valence electrons. The van der Waals surface area contributed by atoms with Gasteiger partial charge in [0, 0.05) is 27.3 Å². The Balaban J connectivity index is 1.29. The van der Waals surface area contributed by atoms with Crippen LogP contribution < -0.4 is 4.90 Å². The van der Waals surface area contributed by atoms with Crippen LogP contribution in [0, 0.1) is 0 Å². The van der Waals surface area contributed by atoms with Crippen molar-refractivity contribution in [2.24, 2.45) is 0 Å². The lowest BCUT2D eigenvalue weighted by Crippen LogP contribution is -2.21. The summed E-state index contributed by atoms with van der Waals surface area (Å²) in [7, 11) is 0. The van der Waals surface area contributed by atoms with Gasteiger partial charge in [-0.2, -0.15) is 0 Å². The Morgan fingerprint density at radius 1 is 0.479 bits per heavy atom. The first kappa shape index (κ1) is 27.5. The second-order valence-corrected chi connectivity index (χ2v) is 14.5. The van der Waals surface area contributed by atoms with E-state index >= 15 is 0 Å². The lowest BCUT2D eigenvalue weighted by atomic mass is 9.81. The second-order valence-electron chi connectivity index (χ2n) is 14.5. The van der Waals surface area contributed by atoms with Gasteiger partial charge in [-0.05, 0) is 85.6 Å². The van der Waals surface area contributed by atoms with Crippen LogP contribution in [-0.2, 0) is 10.8 Å². The number of nitrogens with zero attached hydrogens (tertiary/aromatic N) is 1. The Morgan fingerprint density at radius 2 is 1.10 bits per heavy atom. The fourth-order valence-corrected chi connectivity index (χ4v) is 8.97. The first-order valence-corrected chi connectivity index (χ1v) is 16.9. The normalized spacial score (nSPS) is 15.0. The highest BCUT2D eigenvalue weighted by Gasteiger charge is 2.40. The average Bonchev–Trinajstić information content (AvgIpc) is 3.70. The molecule has 0 saturated heterocycles. The number of anilines is 3. The van der Waals surface area contributed by atoms with Crippen molar-refractivity contribution in [3.63, 3.8) is 0 Å². The summed E-state index contributed by atoms with van der Waals surface area (Å²) < 4.78 is 6.89. The summed E-state index contributed by atoms with van der Waals surface area (Å²) in [5, 5.41) is 4.73. The standard InChI is InChI=1S/C46H35NO/c1-45(2)36-19-9-7-15-31(36)33-25-24-29(27-38(33)45)47(39-21-11-17-34-32-16-8-10-20-37(32)46(3,4)43(34)39)40-22-12-18-35-42-30-14-6-5-13-28(30)23-26-41(42)48-44(35)40/h5-27H,1-4H3. The minimum absolute atomic E-state index is 0.119. The molecule has 48 heavy (non-hydrogen) atoms. The van der Waals surface area contributed by atoms with E-state index in [9.17, 15) is 0 Å². The first-order chi connectivity index (χ1) is 23.3. The Morgan fingerprint density at radius 3 is 1.94 bits per heavy atom. The third-order valence-electron chi connectivity index (χ3n) is 11.2. The quantitative estimate of drug-likeness (QED) is 0.196. The minimum Gasteiger partial charge on any atom is -0.454 e. The smallest absolute Gasteiger partial charge is 0.159 e. The molecule has 0 N–H and O–H groups in total. The maximum Gasteiger partial charge on any atom is 0.159 e. The highest BCUT2D eigenvalue weighted by molar-refractivity contribution is 6.21. The molecule has 0 unspecified atom stereocenters. The second kappa shape index (κ2) is 9.49.